The van der Waals surface area contributed by atoms with Crippen LogP contribution in [-0.4, -0.2) is 22.9 Å². The maximum absolute atomic E-state index is 4.49. The van der Waals surface area contributed by atoms with E-state index in [2.05, 4.69) is 73.1 Å². The molecule has 0 saturated heterocycles. The molecule has 0 aliphatic rings. The van der Waals surface area contributed by atoms with Crippen LogP contribution in [0.3, 0.4) is 0 Å². The van der Waals surface area contributed by atoms with E-state index in [0.29, 0.717) is 0 Å². The van der Waals surface area contributed by atoms with Crippen molar-refractivity contribution in [2.45, 2.75) is 13.0 Å². The number of nitrogens with zero attached hydrogens (tertiary/aromatic N) is 2. The average Bonchev–Trinajstić information content (AvgIpc) is 2.89. The Balaban J connectivity index is 1.88. The molecule has 1 N–H and O–H groups in total. The molecule has 0 aliphatic heterocycles. The molecule has 0 spiro atoms. The molecule has 3 rings (SSSR count). The number of hydrogen-bond donors (Lipinski definition) is 1. The zero-order valence-corrected chi connectivity index (χ0v) is 14.2. The molecule has 1 aromatic heterocycles. The normalized spacial score (nSPS) is 12.5. The SMILES string of the molecule is CC(Nc1cccc2n[se]nc12)c1ccc(I)cc1. The van der Waals surface area contributed by atoms with E-state index in [1.165, 1.54) is 9.13 Å². The molecule has 3 nitrogen and oxygen atoms in total. The maximum atomic E-state index is 4.49. The van der Waals surface area contributed by atoms with Gasteiger partial charge in [0.05, 0.1) is 0 Å². The number of benzene rings is 2. The zero-order chi connectivity index (χ0) is 13.2. The summed E-state index contributed by atoms with van der Waals surface area (Å²) in [5.41, 5.74) is 4.38. The van der Waals surface area contributed by atoms with Crippen molar-refractivity contribution in [2.75, 3.05) is 5.32 Å². The Morgan fingerprint density at radius 1 is 1.11 bits per heavy atom. The summed E-state index contributed by atoms with van der Waals surface area (Å²) in [4.78, 5) is 0. The standard InChI is InChI=1S/C14H12IN3Se/c1-9(10-5-7-11(15)8-6-10)16-12-3-2-4-13-14(12)18-19-17-13/h2-9,16H,1H3. The molecule has 1 heterocycles. The average molecular weight is 428 g/mol. The predicted octanol–water partition coefficient (Wildman–Crippen LogP) is 3.46. The van der Waals surface area contributed by atoms with Gasteiger partial charge in [-0.2, -0.15) is 0 Å². The van der Waals surface area contributed by atoms with Gasteiger partial charge in [-0.15, -0.1) is 0 Å². The third-order valence-electron chi connectivity index (χ3n) is 3.03. The Bertz CT molecular complexity index is 693. The van der Waals surface area contributed by atoms with E-state index in [4.69, 9.17) is 0 Å². The molecule has 2 aromatic carbocycles. The van der Waals surface area contributed by atoms with Crippen LogP contribution in [0, 0.1) is 3.57 Å². The number of nitrogens with one attached hydrogen (secondary N) is 1. The van der Waals surface area contributed by atoms with E-state index in [-0.39, 0.29) is 21.0 Å². The molecule has 0 amide bonds. The second-order valence-electron chi connectivity index (χ2n) is 4.36. The van der Waals surface area contributed by atoms with Crippen LogP contribution in [-0.2, 0) is 0 Å². The summed E-state index contributed by atoms with van der Waals surface area (Å²) in [6.07, 6.45) is 0. The molecule has 1 atom stereocenters. The van der Waals surface area contributed by atoms with Crippen LogP contribution < -0.4 is 5.32 Å². The van der Waals surface area contributed by atoms with Crippen LogP contribution in [0.5, 0.6) is 0 Å². The van der Waals surface area contributed by atoms with Gasteiger partial charge >= 0.3 is 132 Å². The number of anilines is 1. The van der Waals surface area contributed by atoms with Gasteiger partial charge < -0.3 is 0 Å². The van der Waals surface area contributed by atoms with E-state index >= 15 is 0 Å². The molecule has 19 heavy (non-hydrogen) atoms. The summed E-state index contributed by atoms with van der Waals surface area (Å²) in [5, 5.41) is 3.53. The second kappa shape index (κ2) is 5.61. The van der Waals surface area contributed by atoms with Crippen molar-refractivity contribution in [3.8, 4) is 0 Å². The Morgan fingerprint density at radius 3 is 2.68 bits per heavy atom. The fourth-order valence-corrected chi connectivity index (χ4v) is 3.50. The van der Waals surface area contributed by atoms with E-state index in [1.807, 2.05) is 12.1 Å². The van der Waals surface area contributed by atoms with Gasteiger partial charge in [0.1, 0.15) is 0 Å². The van der Waals surface area contributed by atoms with Crippen molar-refractivity contribution in [3.63, 3.8) is 0 Å². The van der Waals surface area contributed by atoms with Gasteiger partial charge in [0.25, 0.3) is 0 Å². The van der Waals surface area contributed by atoms with E-state index in [0.717, 1.165) is 16.7 Å². The molecule has 0 aliphatic carbocycles. The summed E-state index contributed by atoms with van der Waals surface area (Å²) < 4.78 is 10.2. The molecule has 0 radical (unpaired) electrons. The zero-order valence-electron chi connectivity index (χ0n) is 10.3. The number of fused-ring (bicyclic) bond motifs is 1. The van der Waals surface area contributed by atoms with Gasteiger partial charge in [-0.3, -0.25) is 0 Å². The third kappa shape index (κ3) is 2.83. The van der Waals surface area contributed by atoms with Crippen molar-refractivity contribution >= 4 is 54.3 Å². The molecule has 0 bridgehead atoms. The topological polar surface area (TPSA) is 37.8 Å². The Hall–Kier alpha value is -0.911. The van der Waals surface area contributed by atoms with Crippen molar-refractivity contribution in [2.24, 2.45) is 0 Å². The quantitative estimate of drug-likeness (QED) is 0.513. The van der Waals surface area contributed by atoms with Crippen LogP contribution >= 0.6 is 22.6 Å². The first-order valence-corrected chi connectivity index (χ1v) is 8.58. The van der Waals surface area contributed by atoms with Crippen molar-refractivity contribution in [1.29, 1.82) is 0 Å². The summed E-state index contributed by atoms with van der Waals surface area (Å²) in [6.45, 7) is 2.17. The van der Waals surface area contributed by atoms with Crippen molar-refractivity contribution in [1.82, 2.24) is 7.96 Å². The number of aromatic nitrogens is 2. The number of rotatable bonds is 3. The van der Waals surface area contributed by atoms with Gasteiger partial charge in [0.15, 0.2) is 0 Å². The fourth-order valence-electron chi connectivity index (χ4n) is 1.99. The molecule has 0 fully saturated rings. The minimum atomic E-state index is 0.0201. The van der Waals surface area contributed by atoms with Gasteiger partial charge in [-0.1, -0.05) is 0 Å². The minimum absolute atomic E-state index is 0.0201. The molecule has 1 unspecified atom stereocenters. The van der Waals surface area contributed by atoms with E-state index < -0.39 is 0 Å². The molecule has 96 valence electrons. The molecule has 3 aromatic rings. The van der Waals surface area contributed by atoms with E-state index in [9.17, 15) is 0 Å². The Labute approximate surface area is 131 Å². The third-order valence-corrected chi connectivity index (χ3v) is 4.89. The molecule has 5 heteroatoms. The molecule has 0 saturated carbocycles. The van der Waals surface area contributed by atoms with Crippen molar-refractivity contribution in [3.05, 3.63) is 51.6 Å². The summed E-state index contributed by atoms with van der Waals surface area (Å²) >= 11 is 2.34. The van der Waals surface area contributed by atoms with Gasteiger partial charge in [0.2, 0.25) is 0 Å². The van der Waals surface area contributed by atoms with E-state index in [1.54, 1.807) is 0 Å². The van der Waals surface area contributed by atoms with Gasteiger partial charge in [-0.05, 0) is 0 Å². The fraction of sp³-hybridized carbons (Fsp3) is 0.143. The van der Waals surface area contributed by atoms with Crippen LogP contribution in [0.4, 0.5) is 5.69 Å². The monoisotopic (exact) mass is 429 g/mol. The summed E-state index contributed by atoms with van der Waals surface area (Å²) in [7, 11) is 0. The van der Waals surface area contributed by atoms with Gasteiger partial charge in [-0.25, -0.2) is 0 Å². The first kappa shape index (κ1) is 13.1. The first-order valence-electron chi connectivity index (χ1n) is 5.97. The number of halogens is 1. The Morgan fingerprint density at radius 2 is 1.89 bits per heavy atom. The summed E-state index contributed by atoms with van der Waals surface area (Å²) in [6, 6.07) is 15.0. The first-order chi connectivity index (χ1) is 9.24. The van der Waals surface area contributed by atoms with Crippen LogP contribution in [0.15, 0.2) is 42.5 Å². The van der Waals surface area contributed by atoms with Crippen LogP contribution in [0.1, 0.15) is 18.5 Å². The molecular weight excluding hydrogens is 416 g/mol. The summed E-state index contributed by atoms with van der Waals surface area (Å²) in [5.74, 6) is 0. The van der Waals surface area contributed by atoms with Crippen molar-refractivity contribution < 1.29 is 0 Å². The second-order valence-corrected chi connectivity index (χ2v) is 6.71. The van der Waals surface area contributed by atoms with Crippen LogP contribution in [0.2, 0.25) is 0 Å². The number of hydrogen-bond acceptors (Lipinski definition) is 3. The predicted molar refractivity (Wildman–Crippen MR) is 87.7 cm³/mol. The molecular formula is C14H12IN3Se. The van der Waals surface area contributed by atoms with Crippen LogP contribution in [0.25, 0.3) is 11.0 Å². The van der Waals surface area contributed by atoms with Gasteiger partial charge in [0, 0.05) is 0 Å². The Kier molecular flexibility index (Phi) is 3.86.